The highest BCUT2D eigenvalue weighted by atomic mass is 79.9. The number of aryl methyl sites for hydroxylation is 1. The molecule has 11 heavy (non-hydrogen) atoms. The maximum absolute atomic E-state index is 5.69. The van der Waals surface area contributed by atoms with Gasteiger partial charge in [0.25, 0.3) is 0 Å². The van der Waals surface area contributed by atoms with Crippen molar-refractivity contribution in [3.63, 3.8) is 0 Å². The Morgan fingerprint density at radius 2 is 2.27 bits per heavy atom. The van der Waals surface area contributed by atoms with Crippen LogP contribution in [0, 0.1) is 6.92 Å². The lowest BCUT2D eigenvalue weighted by Gasteiger charge is -2.07. The lowest BCUT2D eigenvalue weighted by atomic mass is 10.1. The quantitative estimate of drug-likeness (QED) is 0.779. The van der Waals surface area contributed by atoms with Crippen molar-refractivity contribution < 1.29 is 0 Å². The normalized spacial score (nSPS) is 13.1. The van der Waals surface area contributed by atoms with E-state index in [0.29, 0.717) is 0 Å². The zero-order valence-corrected chi connectivity index (χ0v) is 8.22. The van der Waals surface area contributed by atoms with E-state index in [-0.39, 0.29) is 6.04 Å². The number of rotatable bonds is 1. The van der Waals surface area contributed by atoms with Gasteiger partial charge in [-0.05, 0) is 41.4 Å². The molecule has 0 fully saturated rings. The molecule has 1 aromatic heterocycles. The van der Waals surface area contributed by atoms with E-state index >= 15 is 0 Å². The Bertz CT molecular complexity index is 258. The van der Waals surface area contributed by atoms with Gasteiger partial charge in [-0.3, -0.25) is 4.98 Å². The van der Waals surface area contributed by atoms with Crippen LogP contribution in [-0.4, -0.2) is 4.98 Å². The standard InChI is InChI=1S/C8H11BrN2/c1-5-3-7(9)4-11-8(5)6(2)10/h3-4,6H,10H2,1-2H3/t6-/m0/s1. The largest absolute Gasteiger partial charge is 0.323 e. The molecule has 0 aliphatic carbocycles. The van der Waals surface area contributed by atoms with Crippen molar-refractivity contribution >= 4 is 15.9 Å². The van der Waals surface area contributed by atoms with Gasteiger partial charge in [0.1, 0.15) is 0 Å². The van der Waals surface area contributed by atoms with Gasteiger partial charge in [-0.2, -0.15) is 0 Å². The van der Waals surface area contributed by atoms with Crippen LogP contribution in [0.5, 0.6) is 0 Å². The van der Waals surface area contributed by atoms with Crippen LogP contribution < -0.4 is 5.73 Å². The SMILES string of the molecule is Cc1cc(Br)cnc1[C@H](C)N. The van der Waals surface area contributed by atoms with Crippen molar-refractivity contribution in [2.45, 2.75) is 19.9 Å². The first-order valence-electron chi connectivity index (χ1n) is 3.49. The maximum Gasteiger partial charge on any atom is 0.0598 e. The third-order valence-corrected chi connectivity index (χ3v) is 1.95. The van der Waals surface area contributed by atoms with E-state index in [0.717, 1.165) is 15.7 Å². The Kier molecular flexibility index (Phi) is 2.62. The van der Waals surface area contributed by atoms with E-state index in [1.54, 1.807) is 6.20 Å². The van der Waals surface area contributed by atoms with Gasteiger partial charge < -0.3 is 5.73 Å². The summed E-state index contributed by atoms with van der Waals surface area (Å²) in [6, 6.07) is 2.04. The van der Waals surface area contributed by atoms with E-state index in [2.05, 4.69) is 20.9 Å². The highest BCUT2D eigenvalue weighted by Crippen LogP contribution is 2.16. The van der Waals surface area contributed by atoms with Gasteiger partial charge in [0.2, 0.25) is 0 Å². The van der Waals surface area contributed by atoms with Gasteiger partial charge in [0.05, 0.1) is 5.69 Å². The van der Waals surface area contributed by atoms with Crippen molar-refractivity contribution in [2.75, 3.05) is 0 Å². The first kappa shape index (κ1) is 8.68. The summed E-state index contributed by atoms with van der Waals surface area (Å²) in [5.41, 5.74) is 7.79. The predicted molar refractivity (Wildman–Crippen MR) is 49.3 cm³/mol. The fourth-order valence-corrected chi connectivity index (χ4v) is 1.47. The molecule has 0 aliphatic rings. The van der Waals surface area contributed by atoms with E-state index in [1.165, 1.54) is 0 Å². The van der Waals surface area contributed by atoms with Crippen molar-refractivity contribution in [1.29, 1.82) is 0 Å². The third-order valence-electron chi connectivity index (χ3n) is 1.52. The first-order chi connectivity index (χ1) is 5.11. The van der Waals surface area contributed by atoms with Crippen molar-refractivity contribution in [3.05, 3.63) is 28.0 Å². The average molecular weight is 215 g/mol. The van der Waals surface area contributed by atoms with Crippen LogP contribution in [-0.2, 0) is 0 Å². The monoisotopic (exact) mass is 214 g/mol. The summed E-state index contributed by atoms with van der Waals surface area (Å²) in [4.78, 5) is 4.21. The van der Waals surface area contributed by atoms with Crippen LogP contribution in [0.4, 0.5) is 0 Å². The minimum atomic E-state index is 0.0168. The smallest absolute Gasteiger partial charge is 0.0598 e. The van der Waals surface area contributed by atoms with Gasteiger partial charge in [0.15, 0.2) is 0 Å². The molecule has 0 aromatic carbocycles. The van der Waals surface area contributed by atoms with Crippen LogP contribution in [0.2, 0.25) is 0 Å². The van der Waals surface area contributed by atoms with E-state index < -0.39 is 0 Å². The molecule has 0 bridgehead atoms. The second kappa shape index (κ2) is 3.32. The number of nitrogens with zero attached hydrogens (tertiary/aromatic N) is 1. The van der Waals surface area contributed by atoms with Crippen molar-refractivity contribution in [1.82, 2.24) is 4.98 Å². The van der Waals surface area contributed by atoms with Gasteiger partial charge in [-0.25, -0.2) is 0 Å². The summed E-state index contributed by atoms with van der Waals surface area (Å²) in [5, 5.41) is 0. The second-order valence-corrected chi connectivity index (χ2v) is 3.56. The molecule has 0 amide bonds. The molecule has 1 heterocycles. The zero-order chi connectivity index (χ0) is 8.43. The Balaban J connectivity index is 3.09. The Labute approximate surface area is 75.0 Å². The highest BCUT2D eigenvalue weighted by Gasteiger charge is 2.04. The molecule has 0 aliphatic heterocycles. The lowest BCUT2D eigenvalue weighted by molar-refractivity contribution is 0.771. The molecule has 1 rings (SSSR count). The number of halogens is 1. The van der Waals surface area contributed by atoms with Gasteiger partial charge in [0, 0.05) is 16.7 Å². The van der Waals surface area contributed by atoms with E-state index in [9.17, 15) is 0 Å². The minimum absolute atomic E-state index is 0.0168. The minimum Gasteiger partial charge on any atom is -0.323 e. The fourth-order valence-electron chi connectivity index (χ4n) is 1.03. The van der Waals surface area contributed by atoms with Gasteiger partial charge in [-0.1, -0.05) is 0 Å². The second-order valence-electron chi connectivity index (χ2n) is 2.64. The molecular formula is C8H11BrN2. The molecule has 60 valence electrons. The molecular weight excluding hydrogens is 204 g/mol. The first-order valence-corrected chi connectivity index (χ1v) is 4.28. The molecule has 3 heteroatoms. The maximum atomic E-state index is 5.69. The predicted octanol–water partition coefficient (Wildman–Crippen LogP) is 2.17. The van der Waals surface area contributed by atoms with Crippen LogP contribution in [0.25, 0.3) is 0 Å². The van der Waals surface area contributed by atoms with Crippen LogP contribution in [0.3, 0.4) is 0 Å². The summed E-state index contributed by atoms with van der Waals surface area (Å²) in [5.74, 6) is 0. The summed E-state index contributed by atoms with van der Waals surface area (Å²) in [7, 11) is 0. The summed E-state index contributed by atoms with van der Waals surface area (Å²) < 4.78 is 0.999. The Morgan fingerprint density at radius 3 is 2.73 bits per heavy atom. The lowest BCUT2D eigenvalue weighted by Crippen LogP contribution is -2.08. The number of hydrogen-bond acceptors (Lipinski definition) is 2. The fraction of sp³-hybridized carbons (Fsp3) is 0.375. The number of hydrogen-bond donors (Lipinski definition) is 1. The summed E-state index contributed by atoms with van der Waals surface area (Å²) >= 11 is 3.34. The van der Waals surface area contributed by atoms with Gasteiger partial charge >= 0.3 is 0 Å². The van der Waals surface area contributed by atoms with E-state index in [4.69, 9.17) is 5.73 Å². The molecule has 0 saturated carbocycles. The van der Waals surface area contributed by atoms with E-state index in [1.807, 2.05) is 19.9 Å². The Hall–Kier alpha value is -0.410. The third kappa shape index (κ3) is 2.01. The molecule has 0 unspecified atom stereocenters. The molecule has 1 atom stereocenters. The highest BCUT2D eigenvalue weighted by molar-refractivity contribution is 9.10. The number of aromatic nitrogens is 1. The molecule has 0 radical (unpaired) electrons. The molecule has 2 N–H and O–H groups in total. The molecule has 2 nitrogen and oxygen atoms in total. The van der Waals surface area contributed by atoms with Crippen molar-refractivity contribution in [2.24, 2.45) is 5.73 Å². The number of pyridine rings is 1. The summed E-state index contributed by atoms with van der Waals surface area (Å²) in [6.45, 7) is 3.94. The van der Waals surface area contributed by atoms with Crippen LogP contribution in [0.15, 0.2) is 16.7 Å². The van der Waals surface area contributed by atoms with Crippen LogP contribution >= 0.6 is 15.9 Å². The molecule has 1 aromatic rings. The summed E-state index contributed by atoms with van der Waals surface area (Å²) in [6.07, 6.45) is 1.77. The number of nitrogens with two attached hydrogens (primary N) is 1. The molecule has 0 spiro atoms. The topological polar surface area (TPSA) is 38.9 Å². The van der Waals surface area contributed by atoms with Crippen LogP contribution in [0.1, 0.15) is 24.2 Å². The van der Waals surface area contributed by atoms with Gasteiger partial charge in [-0.15, -0.1) is 0 Å². The molecule has 0 saturated heterocycles. The zero-order valence-electron chi connectivity index (χ0n) is 6.63. The van der Waals surface area contributed by atoms with Crippen molar-refractivity contribution in [3.8, 4) is 0 Å². The average Bonchev–Trinajstić information content (AvgIpc) is 1.85. The Morgan fingerprint density at radius 1 is 1.64 bits per heavy atom.